The molecule has 0 aliphatic rings. The van der Waals surface area contributed by atoms with Crippen molar-refractivity contribution < 1.29 is 0 Å². The fourth-order valence-corrected chi connectivity index (χ4v) is 3.35. The summed E-state index contributed by atoms with van der Waals surface area (Å²) in [5.74, 6) is 0. The van der Waals surface area contributed by atoms with Gasteiger partial charge in [-0.05, 0) is 57.4 Å². The van der Waals surface area contributed by atoms with Crippen LogP contribution >= 0.6 is 0 Å². The van der Waals surface area contributed by atoms with Crippen molar-refractivity contribution in [1.82, 2.24) is 15.3 Å². The predicted molar refractivity (Wildman–Crippen MR) is 113 cm³/mol. The number of nitrogens with one attached hydrogen (secondary N) is 3. The van der Waals surface area contributed by atoms with Gasteiger partial charge in [-0.25, -0.2) is 0 Å². The second-order valence-corrected chi connectivity index (χ2v) is 7.11. The molecule has 5 heteroatoms. The van der Waals surface area contributed by atoms with Crippen LogP contribution in [0, 0.1) is 13.8 Å². The number of H-pyrrole nitrogens is 1. The Morgan fingerprint density at radius 2 is 1.96 bits per heavy atom. The summed E-state index contributed by atoms with van der Waals surface area (Å²) in [5, 5.41) is 7.72. The fraction of sp³-hybridized carbons (Fsp3) is 0.364. The maximum absolute atomic E-state index is 12.8. The lowest BCUT2D eigenvalue weighted by molar-refractivity contribution is 0.523. The summed E-state index contributed by atoms with van der Waals surface area (Å²) in [6, 6.07) is 10.0. The van der Waals surface area contributed by atoms with Crippen LogP contribution in [0.1, 0.15) is 30.2 Å². The average molecular weight is 364 g/mol. The van der Waals surface area contributed by atoms with E-state index < -0.39 is 0 Å². The van der Waals surface area contributed by atoms with Crippen molar-refractivity contribution in [2.24, 2.45) is 0 Å². The Kier molecular flexibility index (Phi) is 6.24. The topological polar surface area (TPSA) is 69.8 Å². The maximum Gasteiger partial charge on any atom is 0.192 e. The molecule has 1 aromatic carbocycles. The van der Waals surface area contributed by atoms with Gasteiger partial charge in [0.25, 0.3) is 0 Å². The van der Waals surface area contributed by atoms with E-state index in [1.165, 1.54) is 0 Å². The third kappa shape index (κ3) is 4.74. The van der Waals surface area contributed by atoms with E-state index in [0.717, 1.165) is 59.3 Å². The Hall–Kier alpha value is -2.66. The summed E-state index contributed by atoms with van der Waals surface area (Å²) >= 11 is 0. The highest BCUT2D eigenvalue weighted by atomic mass is 16.1. The molecule has 1 unspecified atom stereocenters. The molecule has 3 aromatic rings. The second-order valence-electron chi connectivity index (χ2n) is 7.11. The van der Waals surface area contributed by atoms with E-state index in [4.69, 9.17) is 0 Å². The Balaban J connectivity index is 1.51. The Bertz CT molecular complexity index is 964. The minimum Gasteiger partial charge on any atom is -0.383 e. The third-order valence-corrected chi connectivity index (χ3v) is 5.00. The number of rotatable bonds is 8. The van der Waals surface area contributed by atoms with Crippen LogP contribution in [0.2, 0.25) is 0 Å². The number of aromatic amines is 1. The first-order chi connectivity index (χ1) is 13.1. The van der Waals surface area contributed by atoms with Crippen molar-refractivity contribution in [3.63, 3.8) is 0 Å². The average Bonchev–Trinajstić information content (AvgIpc) is 2.66. The summed E-state index contributed by atoms with van der Waals surface area (Å²) in [6.07, 6.45) is 5.37. The highest BCUT2D eigenvalue weighted by molar-refractivity contribution is 5.79. The molecule has 0 amide bonds. The van der Waals surface area contributed by atoms with Gasteiger partial charge in [0.15, 0.2) is 5.43 Å². The molecule has 0 aliphatic heterocycles. The van der Waals surface area contributed by atoms with Gasteiger partial charge in [0, 0.05) is 59.4 Å². The van der Waals surface area contributed by atoms with E-state index in [1.54, 1.807) is 6.20 Å². The first kappa shape index (κ1) is 19.1. The standard InChI is InChI=1S/C22H28N4O/c1-15-14-23-11-10-20(15)25-13-12-24-16(2)8-9-18-17(3)26-21-7-5-4-6-19(21)22(18)27/h4-7,10-11,14,16,24H,8-9,12-13H2,1-3H3,(H,23,25)(H,26,27). The van der Waals surface area contributed by atoms with E-state index in [2.05, 4.69) is 34.4 Å². The molecular formula is C22H28N4O. The van der Waals surface area contributed by atoms with Crippen molar-refractivity contribution in [1.29, 1.82) is 0 Å². The van der Waals surface area contributed by atoms with E-state index in [1.807, 2.05) is 43.5 Å². The Morgan fingerprint density at radius 3 is 2.78 bits per heavy atom. The van der Waals surface area contributed by atoms with Crippen molar-refractivity contribution in [3.05, 3.63) is 69.8 Å². The molecule has 0 saturated heterocycles. The van der Waals surface area contributed by atoms with Gasteiger partial charge in [0.1, 0.15) is 0 Å². The van der Waals surface area contributed by atoms with Gasteiger partial charge in [0.2, 0.25) is 0 Å². The van der Waals surface area contributed by atoms with Gasteiger partial charge < -0.3 is 15.6 Å². The monoisotopic (exact) mass is 364 g/mol. The van der Waals surface area contributed by atoms with Crippen LogP contribution in [0.3, 0.4) is 0 Å². The zero-order chi connectivity index (χ0) is 19.2. The molecule has 5 nitrogen and oxygen atoms in total. The lowest BCUT2D eigenvalue weighted by atomic mass is 10.0. The molecule has 2 aromatic heterocycles. The number of nitrogens with zero attached hydrogens (tertiary/aromatic N) is 1. The molecule has 0 radical (unpaired) electrons. The summed E-state index contributed by atoms with van der Waals surface area (Å²) in [7, 11) is 0. The molecule has 0 aliphatic carbocycles. The lowest BCUT2D eigenvalue weighted by Gasteiger charge is -2.16. The van der Waals surface area contributed by atoms with Crippen molar-refractivity contribution in [3.8, 4) is 0 Å². The number of para-hydroxylation sites is 1. The van der Waals surface area contributed by atoms with Gasteiger partial charge in [0.05, 0.1) is 0 Å². The molecule has 142 valence electrons. The quantitative estimate of drug-likeness (QED) is 0.535. The summed E-state index contributed by atoms with van der Waals surface area (Å²) in [4.78, 5) is 20.2. The van der Waals surface area contributed by atoms with Crippen LogP contribution in [0.5, 0.6) is 0 Å². The minimum absolute atomic E-state index is 0.156. The van der Waals surface area contributed by atoms with Crippen molar-refractivity contribution in [2.75, 3.05) is 18.4 Å². The molecule has 0 spiro atoms. The second kappa shape index (κ2) is 8.82. The molecule has 2 heterocycles. The third-order valence-electron chi connectivity index (χ3n) is 5.00. The first-order valence-electron chi connectivity index (χ1n) is 9.54. The SMILES string of the molecule is Cc1cnccc1NCCNC(C)CCc1c(C)[nH]c2ccccc2c1=O. The number of benzene rings is 1. The molecular weight excluding hydrogens is 336 g/mol. The van der Waals surface area contributed by atoms with E-state index >= 15 is 0 Å². The summed E-state index contributed by atoms with van der Waals surface area (Å²) in [5.41, 5.74) is 5.21. The van der Waals surface area contributed by atoms with E-state index in [0.29, 0.717) is 6.04 Å². The molecule has 0 saturated carbocycles. The van der Waals surface area contributed by atoms with Gasteiger partial charge in [-0.15, -0.1) is 0 Å². The Labute approximate surface area is 160 Å². The van der Waals surface area contributed by atoms with Crippen molar-refractivity contribution >= 4 is 16.6 Å². The van der Waals surface area contributed by atoms with Crippen LogP contribution in [0.25, 0.3) is 10.9 Å². The summed E-state index contributed by atoms with van der Waals surface area (Å²) < 4.78 is 0. The van der Waals surface area contributed by atoms with Gasteiger partial charge >= 0.3 is 0 Å². The predicted octanol–water partition coefficient (Wildman–Crippen LogP) is 3.56. The number of hydrogen-bond acceptors (Lipinski definition) is 4. The van der Waals surface area contributed by atoms with Gasteiger partial charge in [-0.3, -0.25) is 9.78 Å². The number of fused-ring (bicyclic) bond motifs is 1. The van der Waals surface area contributed by atoms with Crippen LogP contribution in [0.4, 0.5) is 5.69 Å². The number of pyridine rings is 2. The van der Waals surface area contributed by atoms with E-state index in [-0.39, 0.29) is 5.43 Å². The maximum atomic E-state index is 12.8. The molecule has 3 rings (SSSR count). The smallest absolute Gasteiger partial charge is 0.192 e. The normalized spacial score (nSPS) is 12.3. The minimum atomic E-state index is 0.156. The largest absolute Gasteiger partial charge is 0.383 e. The number of aryl methyl sites for hydroxylation is 2. The van der Waals surface area contributed by atoms with Crippen LogP contribution in [-0.4, -0.2) is 29.1 Å². The molecule has 3 N–H and O–H groups in total. The molecule has 1 atom stereocenters. The molecule has 0 fully saturated rings. The van der Waals surface area contributed by atoms with Crippen LogP contribution in [-0.2, 0) is 6.42 Å². The van der Waals surface area contributed by atoms with Gasteiger partial charge in [-0.2, -0.15) is 0 Å². The number of hydrogen-bond donors (Lipinski definition) is 3. The van der Waals surface area contributed by atoms with Crippen molar-refractivity contribution in [2.45, 2.75) is 39.7 Å². The summed E-state index contributed by atoms with van der Waals surface area (Å²) in [6.45, 7) is 7.93. The van der Waals surface area contributed by atoms with Gasteiger partial charge in [-0.1, -0.05) is 12.1 Å². The molecule has 0 bridgehead atoms. The lowest BCUT2D eigenvalue weighted by Crippen LogP contribution is -2.31. The van der Waals surface area contributed by atoms with Crippen LogP contribution < -0.4 is 16.1 Å². The Morgan fingerprint density at radius 1 is 1.15 bits per heavy atom. The zero-order valence-corrected chi connectivity index (χ0v) is 16.3. The number of aromatic nitrogens is 2. The highest BCUT2D eigenvalue weighted by Gasteiger charge is 2.10. The van der Waals surface area contributed by atoms with E-state index in [9.17, 15) is 4.79 Å². The molecule has 27 heavy (non-hydrogen) atoms. The fourth-order valence-electron chi connectivity index (χ4n) is 3.35. The zero-order valence-electron chi connectivity index (χ0n) is 16.3. The van der Waals surface area contributed by atoms with Crippen LogP contribution in [0.15, 0.2) is 47.5 Å². The first-order valence-corrected chi connectivity index (χ1v) is 9.54. The number of anilines is 1. The highest BCUT2D eigenvalue weighted by Crippen LogP contribution is 2.13.